The molecule has 10 aromatic carbocycles. The highest BCUT2D eigenvalue weighted by Gasteiger charge is 2.22. The Morgan fingerprint density at radius 3 is 1.50 bits per heavy atom. The van der Waals surface area contributed by atoms with Gasteiger partial charge in [-0.2, -0.15) is 0 Å². The molecule has 0 radical (unpaired) electrons. The molecule has 2 heteroatoms. The van der Waals surface area contributed by atoms with Crippen LogP contribution in [0.2, 0.25) is 0 Å². The van der Waals surface area contributed by atoms with Crippen LogP contribution in [-0.4, -0.2) is 4.57 Å². The van der Waals surface area contributed by atoms with Crippen LogP contribution in [0.4, 0.5) is 17.1 Å². The van der Waals surface area contributed by atoms with Gasteiger partial charge in [0.15, 0.2) is 0 Å². The van der Waals surface area contributed by atoms with E-state index in [1.165, 1.54) is 76.0 Å². The van der Waals surface area contributed by atoms with Gasteiger partial charge in [-0.25, -0.2) is 0 Å². The van der Waals surface area contributed by atoms with Crippen LogP contribution in [0.25, 0.3) is 81.7 Å². The predicted octanol–water partition coefficient (Wildman–Crippen LogP) is 14.5. The second-order valence-corrected chi connectivity index (χ2v) is 14.1. The Kier molecular flexibility index (Phi) is 6.90. The zero-order valence-corrected chi connectivity index (χ0v) is 29.5. The topological polar surface area (TPSA) is 8.17 Å². The Bertz CT molecular complexity index is 3160. The number of hydrogen-bond donors (Lipinski definition) is 0. The molecular weight excluding hydrogens is 653 g/mol. The van der Waals surface area contributed by atoms with Crippen LogP contribution >= 0.6 is 0 Å². The molecule has 0 fully saturated rings. The van der Waals surface area contributed by atoms with E-state index < -0.39 is 0 Å². The third kappa shape index (κ3) is 4.67. The number of fused-ring (bicyclic) bond motifs is 11. The summed E-state index contributed by atoms with van der Waals surface area (Å²) in [5.74, 6) is 0. The highest BCUT2D eigenvalue weighted by molar-refractivity contribution is 6.26. The highest BCUT2D eigenvalue weighted by Crippen LogP contribution is 2.46. The van der Waals surface area contributed by atoms with E-state index in [4.69, 9.17) is 0 Å². The van der Waals surface area contributed by atoms with Crippen LogP contribution in [0, 0.1) is 0 Å². The fraction of sp³-hybridized carbons (Fsp3) is 0. The molecule has 0 atom stereocenters. The Morgan fingerprint density at radius 1 is 0.333 bits per heavy atom. The van der Waals surface area contributed by atoms with Crippen molar-refractivity contribution < 1.29 is 0 Å². The first-order chi connectivity index (χ1) is 26.8. The molecule has 0 saturated carbocycles. The average molecular weight is 687 g/mol. The number of benzene rings is 10. The highest BCUT2D eigenvalue weighted by atomic mass is 15.1. The van der Waals surface area contributed by atoms with Crippen molar-refractivity contribution in [3.8, 4) is 16.8 Å². The summed E-state index contributed by atoms with van der Waals surface area (Å²) in [6, 6.07) is 75.2. The summed E-state index contributed by atoms with van der Waals surface area (Å²) < 4.78 is 2.48. The van der Waals surface area contributed by atoms with Crippen molar-refractivity contribution in [2.75, 3.05) is 4.90 Å². The normalized spacial score (nSPS) is 11.7. The van der Waals surface area contributed by atoms with Gasteiger partial charge in [0.1, 0.15) is 0 Å². The molecule has 0 saturated heterocycles. The predicted molar refractivity (Wildman–Crippen MR) is 231 cm³/mol. The van der Waals surface area contributed by atoms with E-state index in [0.717, 1.165) is 22.7 Å². The van der Waals surface area contributed by atoms with Crippen molar-refractivity contribution in [3.63, 3.8) is 0 Å². The summed E-state index contributed by atoms with van der Waals surface area (Å²) in [4.78, 5) is 2.41. The van der Waals surface area contributed by atoms with E-state index in [2.05, 4.69) is 216 Å². The minimum absolute atomic E-state index is 1.10. The molecule has 11 rings (SSSR count). The Balaban J connectivity index is 1.23. The van der Waals surface area contributed by atoms with Gasteiger partial charge in [0.05, 0.1) is 11.0 Å². The lowest BCUT2D eigenvalue weighted by Crippen LogP contribution is -2.10. The smallest absolute Gasteiger partial charge is 0.0625 e. The number of anilines is 3. The zero-order chi connectivity index (χ0) is 35.6. The summed E-state index contributed by atoms with van der Waals surface area (Å²) in [6.45, 7) is 0. The number of hydrogen-bond acceptors (Lipinski definition) is 1. The summed E-state index contributed by atoms with van der Waals surface area (Å²) >= 11 is 0. The second kappa shape index (κ2) is 12.2. The molecule has 0 spiro atoms. The number of rotatable bonds is 5. The van der Waals surface area contributed by atoms with E-state index in [1.54, 1.807) is 0 Å². The molecule has 0 amide bonds. The number of aromatic nitrogens is 1. The molecule has 0 aliphatic carbocycles. The molecule has 2 nitrogen and oxygen atoms in total. The van der Waals surface area contributed by atoms with Crippen LogP contribution < -0.4 is 4.90 Å². The molecule has 1 heterocycles. The van der Waals surface area contributed by atoms with Crippen molar-refractivity contribution in [2.45, 2.75) is 0 Å². The third-order valence-corrected chi connectivity index (χ3v) is 11.1. The van der Waals surface area contributed by atoms with Crippen LogP contribution in [-0.2, 0) is 0 Å². The summed E-state index contributed by atoms with van der Waals surface area (Å²) in [5.41, 5.74) is 9.31. The molecule has 252 valence electrons. The molecule has 11 aromatic rings. The second-order valence-electron chi connectivity index (χ2n) is 14.1. The molecule has 0 unspecified atom stereocenters. The zero-order valence-electron chi connectivity index (χ0n) is 29.5. The molecule has 54 heavy (non-hydrogen) atoms. The lowest BCUT2D eigenvalue weighted by atomic mass is 9.94. The first-order valence-electron chi connectivity index (χ1n) is 18.6. The Labute approximate surface area is 313 Å². The van der Waals surface area contributed by atoms with Crippen molar-refractivity contribution in [1.82, 2.24) is 4.57 Å². The third-order valence-electron chi connectivity index (χ3n) is 11.1. The number of para-hydroxylation sites is 2. The Hall–Kier alpha value is -7.16. The van der Waals surface area contributed by atoms with Crippen molar-refractivity contribution >= 4 is 82.0 Å². The quantitative estimate of drug-likeness (QED) is 0.164. The van der Waals surface area contributed by atoms with E-state index in [1.807, 2.05) is 0 Å². The minimum atomic E-state index is 1.10. The summed E-state index contributed by atoms with van der Waals surface area (Å²) in [5, 5.41) is 12.6. The maximum Gasteiger partial charge on any atom is 0.0625 e. The van der Waals surface area contributed by atoms with Crippen LogP contribution in [0.3, 0.4) is 0 Å². The summed E-state index contributed by atoms with van der Waals surface area (Å²) in [6.07, 6.45) is 0. The van der Waals surface area contributed by atoms with Crippen LogP contribution in [0.5, 0.6) is 0 Å². The van der Waals surface area contributed by atoms with Crippen LogP contribution in [0.1, 0.15) is 0 Å². The van der Waals surface area contributed by atoms with Gasteiger partial charge in [-0.15, -0.1) is 0 Å². The van der Waals surface area contributed by atoms with Crippen LogP contribution in [0.15, 0.2) is 206 Å². The van der Waals surface area contributed by atoms with Gasteiger partial charge in [0, 0.05) is 38.9 Å². The van der Waals surface area contributed by atoms with E-state index >= 15 is 0 Å². The fourth-order valence-electron chi connectivity index (χ4n) is 8.76. The minimum Gasteiger partial charge on any atom is -0.310 e. The maximum absolute atomic E-state index is 2.48. The Morgan fingerprint density at radius 2 is 0.833 bits per heavy atom. The van der Waals surface area contributed by atoms with Crippen molar-refractivity contribution in [1.29, 1.82) is 0 Å². The standard InChI is InChI=1S/C52H34N2/c1-4-16-35(17-5-1)48-32-36-18-10-11-23-41(36)52-51(48)47-31-29-40(34-50(47)54(52)38-21-8-3-9-22-38)53(37-19-6-2-7-20-37)39-28-30-46-44-26-13-12-24-42(44)43-25-14-15-27-45(43)49(46)33-39/h1-34H. The van der Waals surface area contributed by atoms with Gasteiger partial charge in [-0.1, -0.05) is 152 Å². The lowest BCUT2D eigenvalue weighted by Gasteiger charge is -2.26. The van der Waals surface area contributed by atoms with Crippen molar-refractivity contribution in [2.24, 2.45) is 0 Å². The van der Waals surface area contributed by atoms with Crippen molar-refractivity contribution in [3.05, 3.63) is 206 Å². The lowest BCUT2D eigenvalue weighted by molar-refractivity contribution is 1.18. The summed E-state index contributed by atoms with van der Waals surface area (Å²) in [7, 11) is 0. The maximum atomic E-state index is 2.48. The SMILES string of the molecule is c1ccc(-c2cc3ccccc3c3c2c2ccc(N(c4ccccc4)c4ccc5c6ccccc6c6ccccc6c5c4)cc2n3-c2ccccc2)cc1. The largest absolute Gasteiger partial charge is 0.310 e. The van der Waals surface area contributed by atoms with E-state index in [0.29, 0.717) is 0 Å². The molecule has 0 aliphatic rings. The van der Waals surface area contributed by atoms with Gasteiger partial charge in [0.25, 0.3) is 0 Å². The van der Waals surface area contributed by atoms with Gasteiger partial charge in [0.2, 0.25) is 0 Å². The molecular formula is C52H34N2. The van der Waals surface area contributed by atoms with Gasteiger partial charge in [-0.3, -0.25) is 0 Å². The van der Waals surface area contributed by atoms with Gasteiger partial charge < -0.3 is 9.47 Å². The fourth-order valence-corrected chi connectivity index (χ4v) is 8.76. The van der Waals surface area contributed by atoms with E-state index in [9.17, 15) is 0 Å². The molecule has 0 aliphatic heterocycles. The monoisotopic (exact) mass is 686 g/mol. The van der Waals surface area contributed by atoms with E-state index in [-0.39, 0.29) is 0 Å². The average Bonchev–Trinajstić information content (AvgIpc) is 3.59. The molecule has 0 bridgehead atoms. The number of nitrogens with zero attached hydrogens (tertiary/aromatic N) is 2. The molecule has 1 aromatic heterocycles. The van der Waals surface area contributed by atoms with Gasteiger partial charge >= 0.3 is 0 Å². The van der Waals surface area contributed by atoms with Gasteiger partial charge in [-0.05, 0) is 103 Å². The first kappa shape index (κ1) is 30.5. The first-order valence-corrected chi connectivity index (χ1v) is 18.6. The molecule has 0 N–H and O–H groups in total.